The topological polar surface area (TPSA) is 49.8 Å². The predicted octanol–water partition coefficient (Wildman–Crippen LogP) is 1.43. The molecule has 0 bridgehead atoms. The van der Waals surface area contributed by atoms with E-state index in [4.69, 9.17) is 4.74 Å². The molecule has 0 aliphatic carbocycles. The number of amides is 1. The summed E-state index contributed by atoms with van der Waals surface area (Å²) in [6.45, 7) is 1.80. The molecule has 1 saturated heterocycles. The van der Waals surface area contributed by atoms with Gasteiger partial charge in [-0.2, -0.15) is 0 Å². The molecule has 104 valence electrons. The minimum Gasteiger partial charge on any atom is -0.393 e. The molecule has 2 unspecified atom stereocenters. The molecule has 1 amide bonds. The first-order chi connectivity index (χ1) is 9.20. The molecule has 1 aromatic carbocycles. The van der Waals surface area contributed by atoms with Crippen LogP contribution in [0.1, 0.15) is 18.4 Å². The van der Waals surface area contributed by atoms with Crippen molar-refractivity contribution < 1.29 is 14.6 Å². The number of carbonyl (C=O) groups is 1. The molecule has 4 nitrogen and oxygen atoms in total. The van der Waals surface area contributed by atoms with Gasteiger partial charge in [-0.15, -0.1) is 0 Å². The first-order valence-electron chi connectivity index (χ1n) is 6.69. The number of hydrogen-bond acceptors (Lipinski definition) is 3. The van der Waals surface area contributed by atoms with Gasteiger partial charge in [0.2, 0.25) is 5.91 Å². The number of nitrogens with zero attached hydrogens (tertiary/aromatic N) is 1. The van der Waals surface area contributed by atoms with Crippen molar-refractivity contribution in [1.82, 2.24) is 4.90 Å². The van der Waals surface area contributed by atoms with Crippen LogP contribution in [0.15, 0.2) is 30.3 Å². The Hall–Kier alpha value is -1.39. The summed E-state index contributed by atoms with van der Waals surface area (Å²) >= 11 is 0. The maximum Gasteiger partial charge on any atom is 0.223 e. The van der Waals surface area contributed by atoms with Gasteiger partial charge in [-0.1, -0.05) is 30.3 Å². The first-order valence-corrected chi connectivity index (χ1v) is 6.69. The number of carbonyl (C=O) groups excluding carboxylic acids is 1. The molecule has 1 N–H and O–H groups in total. The number of ether oxygens (including phenoxy) is 1. The number of aliphatic hydroxyl groups is 1. The Bertz CT molecular complexity index is 407. The van der Waals surface area contributed by atoms with Crippen LogP contribution in [0.5, 0.6) is 0 Å². The lowest BCUT2D eigenvalue weighted by molar-refractivity contribution is -0.128. The third kappa shape index (κ3) is 3.78. The second-order valence-corrected chi connectivity index (χ2v) is 5.07. The zero-order chi connectivity index (χ0) is 13.7. The summed E-state index contributed by atoms with van der Waals surface area (Å²) < 4.78 is 4.96. The van der Waals surface area contributed by atoms with Crippen molar-refractivity contribution in [2.75, 3.05) is 20.3 Å². The van der Waals surface area contributed by atoms with Gasteiger partial charge in [0.1, 0.15) is 0 Å². The molecule has 1 aliphatic heterocycles. The van der Waals surface area contributed by atoms with Crippen molar-refractivity contribution in [2.45, 2.75) is 25.5 Å². The Morgan fingerprint density at radius 2 is 2.16 bits per heavy atom. The van der Waals surface area contributed by atoms with Crippen LogP contribution in [0.3, 0.4) is 0 Å². The van der Waals surface area contributed by atoms with Crippen LogP contribution in [0.25, 0.3) is 0 Å². The summed E-state index contributed by atoms with van der Waals surface area (Å²) in [5, 5.41) is 10.0. The van der Waals surface area contributed by atoms with Gasteiger partial charge in [-0.05, 0) is 12.0 Å². The standard InChI is InChI=1S/C15H21NO3/c1-19-8-7-14(17)13-9-15(18)16(11-13)10-12-5-3-2-4-6-12/h2-6,13-14,17H,7-11H2,1H3. The van der Waals surface area contributed by atoms with Crippen molar-refractivity contribution in [3.05, 3.63) is 35.9 Å². The van der Waals surface area contributed by atoms with Crippen molar-refractivity contribution in [3.8, 4) is 0 Å². The summed E-state index contributed by atoms with van der Waals surface area (Å²) in [7, 11) is 1.62. The molecule has 1 fully saturated rings. The molecule has 2 atom stereocenters. The summed E-state index contributed by atoms with van der Waals surface area (Å²) in [4.78, 5) is 13.8. The molecule has 1 heterocycles. The molecule has 0 saturated carbocycles. The van der Waals surface area contributed by atoms with E-state index in [0.717, 1.165) is 5.56 Å². The number of methoxy groups -OCH3 is 1. The van der Waals surface area contributed by atoms with Crippen LogP contribution in [0.2, 0.25) is 0 Å². The molecular weight excluding hydrogens is 242 g/mol. The molecule has 0 spiro atoms. The molecule has 1 aromatic rings. The monoisotopic (exact) mass is 263 g/mol. The van der Waals surface area contributed by atoms with Crippen LogP contribution in [0, 0.1) is 5.92 Å². The third-order valence-electron chi connectivity index (χ3n) is 3.62. The summed E-state index contributed by atoms with van der Waals surface area (Å²) in [5.74, 6) is 0.164. The quantitative estimate of drug-likeness (QED) is 0.844. The summed E-state index contributed by atoms with van der Waals surface area (Å²) in [5.41, 5.74) is 1.13. The molecule has 0 radical (unpaired) electrons. The van der Waals surface area contributed by atoms with Gasteiger partial charge < -0.3 is 14.7 Å². The average Bonchev–Trinajstić information content (AvgIpc) is 2.79. The minimum absolute atomic E-state index is 0.0337. The summed E-state index contributed by atoms with van der Waals surface area (Å²) in [6, 6.07) is 9.94. The second-order valence-electron chi connectivity index (χ2n) is 5.07. The normalized spacial score (nSPS) is 20.8. The van der Waals surface area contributed by atoms with Gasteiger partial charge in [0.25, 0.3) is 0 Å². The van der Waals surface area contributed by atoms with Crippen molar-refractivity contribution in [1.29, 1.82) is 0 Å². The SMILES string of the molecule is COCCC(O)C1CC(=O)N(Cc2ccccc2)C1. The summed E-state index contributed by atoms with van der Waals surface area (Å²) in [6.07, 6.45) is 0.579. The fourth-order valence-corrected chi connectivity index (χ4v) is 2.49. The number of aliphatic hydroxyl groups excluding tert-OH is 1. The Morgan fingerprint density at radius 1 is 1.42 bits per heavy atom. The maximum absolute atomic E-state index is 12.0. The number of rotatable bonds is 6. The lowest BCUT2D eigenvalue weighted by atomic mass is 9.99. The lowest BCUT2D eigenvalue weighted by Gasteiger charge is -2.19. The van der Waals surface area contributed by atoms with Crippen LogP contribution in [-0.4, -0.2) is 42.3 Å². The van der Waals surface area contributed by atoms with E-state index in [9.17, 15) is 9.90 Å². The van der Waals surface area contributed by atoms with E-state index in [0.29, 0.717) is 32.5 Å². The van der Waals surface area contributed by atoms with E-state index in [1.54, 1.807) is 7.11 Å². The molecular formula is C15H21NO3. The highest BCUT2D eigenvalue weighted by Crippen LogP contribution is 2.24. The molecule has 0 aromatic heterocycles. The van der Waals surface area contributed by atoms with Gasteiger partial charge in [-0.25, -0.2) is 0 Å². The van der Waals surface area contributed by atoms with Crippen molar-refractivity contribution >= 4 is 5.91 Å². The largest absolute Gasteiger partial charge is 0.393 e. The minimum atomic E-state index is -0.454. The zero-order valence-corrected chi connectivity index (χ0v) is 11.3. The highest BCUT2D eigenvalue weighted by molar-refractivity contribution is 5.78. The van der Waals surface area contributed by atoms with Gasteiger partial charge in [0.15, 0.2) is 0 Å². The van der Waals surface area contributed by atoms with Crippen LogP contribution < -0.4 is 0 Å². The van der Waals surface area contributed by atoms with E-state index >= 15 is 0 Å². The Kier molecular flexibility index (Phi) is 4.93. The van der Waals surface area contributed by atoms with Gasteiger partial charge in [0, 0.05) is 39.1 Å². The molecule has 1 aliphatic rings. The molecule has 4 heteroatoms. The number of hydrogen-bond donors (Lipinski definition) is 1. The first kappa shape index (κ1) is 14.0. The number of benzene rings is 1. The van der Waals surface area contributed by atoms with Crippen molar-refractivity contribution in [2.24, 2.45) is 5.92 Å². The van der Waals surface area contributed by atoms with E-state index < -0.39 is 6.10 Å². The van der Waals surface area contributed by atoms with Crippen LogP contribution in [-0.2, 0) is 16.1 Å². The fourth-order valence-electron chi connectivity index (χ4n) is 2.49. The van der Waals surface area contributed by atoms with E-state index in [1.165, 1.54) is 0 Å². The lowest BCUT2D eigenvalue weighted by Crippen LogP contribution is -2.27. The fraction of sp³-hybridized carbons (Fsp3) is 0.533. The Balaban J connectivity index is 1.89. The number of likely N-dealkylation sites (tertiary alicyclic amines) is 1. The molecule has 19 heavy (non-hydrogen) atoms. The second kappa shape index (κ2) is 6.68. The van der Waals surface area contributed by atoms with E-state index in [2.05, 4.69) is 0 Å². The van der Waals surface area contributed by atoms with Gasteiger partial charge >= 0.3 is 0 Å². The highest BCUT2D eigenvalue weighted by Gasteiger charge is 2.33. The average molecular weight is 263 g/mol. The zero-order valence-electron chi connectivity index (χ0n) is 11.3. The smallest absolute Gasteiger partial charge is 0.223 e. The third-order valence-corrected chi connectivity index (χ3v) is 3.62. The van der Waals surface area contributed by atoms with Crippen LogP contribution >= 0.6 is 0 Å². The maximum atomic E-state index is 12.0. The Morgan fingerprint density at radius 3 is 2.84 bits per heavy atom. The van der Waals surface area contributed by atoms with Gasteiger partial charge in [0.05, 0.1) is 6.10 Å². The Labute approximate surface area is 114 Å². The van der Waals surface area contributed by atoms with E-state index in [-0.39, 0.29) is 11.8 Å². The van der Waals surface area contributed by atoms with E-state index in [1.807, 2.05) is 35.2 Å². The molecule has 2 rings (SSSR count). The highest BCUT2D eigenvalue weighted by atomic mass is 16.5. The van der Waals surface area contributed by atoms with Crippen LogP contribution in [0.4, 0.5) is 0 Å². The predicted molar refractivity (Wildman–Crippen MR) is 72.5 cm³/mol. The van der Waals surface area contributed by atoms with Crippen molar-refractivity contribution in [3.63, 3.8) is 0 Å². The van der Waals surface area contributed by atoms with Gasteiger partial charge in [-0.3, -0.25) is 4.79 Å².